The molecular weight excluding hydrogens is 508 g/mol. The van der Waals surface area contributed by atoms with Crippen LogP contribution in [0.5, 0.6) is 17.5 Å². The lowest BCUT2D eigenvalue weighted by molar-refractivity contribution is -0.142. The fourth-order valence-corrected chi connectivity index (χ4v) is 3.68. The number of carbonyl (C=O) groups excluding carboxylic acids is 1. The Kier molecular flexibility index (Phi) is 7.11. The monoisotopic (exact) mass is 524 g/mol. The molecule has 2 heterocycles. The molecule has 0 aliphatic carbocycles. The van der Waals surface area contributed by atoms with Crippen LogP contribution in [0.3, 0.4) is 0 Å². The van der Waals surface area contributed by atoms with Crippen LogP contribution in [-0.2, 0) is 15.9 Å². The van der Waals surface area contributed by atoms with E-state index in [2.05, 4.69) is 20.5 Å². The van der Waals surface area contributed by atoms with Crippen molar-refractivity contribution < 1.29 is 36.0 Å². The number of methoxy groups -OCH3 is 1. The van der Waals surface area contributed by atoms with Crippen molar-refractivity contribution in [3.8, 4) is 23.6 Å². The molecule has 0 saturated carbocycles. The molecule has 0 aliphatic rings. The van der Waals surface area contributed by atoms with Crippen LogP contribution in [0.15, 0.2) is 35.4 Å². The number of anilines is 1. The minimum Gasteiger partial charge on any atom is -0.489 e. The Balaban J connectivity index is 2.13. The predicted molar refractivity (Wildman–Crippen MR) is 117 cm³/mol. The molecule has 0 spiro atoms. The molecule has 2 aromatic heterocycles. The van der Waals surface area contributed by atoms with Crippen LogP contribution in [0.4, 0.5) is 23.2 Å². The molecule has 2 N–H and O–H groups in total. The molecule has 36 heavy (non-hydrogen) atoms. The average molecular weight is 524 g/mol. The van der Waals surface area contributed by atoms with Gasteiger partial charge in [0.05, 0.1) is 23.0 Å². The topological polar surface area (TPSA) is 151 Å². The predicted octanol–water partition coefficient (Wildman–Crippen LogP) is 4.30. The Morgan fingerprint density at radius 3 is 2.53 bits per heavy atom. The third-order valence-corrected chi connectivity index (χ3v) is 5.83. The molecule has 15 heteroatoms. The summed E-state index contributed by atoms with van der Waals surface area (Å²) in [4.78, 5) is 16.9. The molecule has 188 valence electrons. The van der Waals surface area contributed by atoms with Crippen molar-refractivity contribution in [3.05, 3.63) is 58.7 Å². The van der Waals surface area contributed by atoms with Gasteiger partial charge >= 0.3 is 6.18 Å². The second-order valence-corrected chi connectivity index (χ2v) is 9.37. The standard InChI is InChI=1S/C21H16F4N6O4S/c1-10-14(18(32)29-12-5-4-6-13(7-12)36(3,27)33)19(31-30-17(10)21(23,24)25)35-20-16(34-2)15(22)11(8-26)9-28-20/h4-7,9,27H,1-3H3,(H,29,32). The fraction of sp³-hybridized carbons (Fsp3) is 0.190. The van der Waals surface area contributed by atoms with Crippen LogP contribution in [0, 0.1) is 28.9 Å². The first kappa shape index (κ1) is 26.3. The minimum atomic E-state index is -4.97. The van der Waals surface area contributed by atoms with Crippen LogP contribution in [0.25, 0.3) is 0 Å². The van der Waals surface area contributed by atoms with E-state index in [0.29, 0.717) is 0 Å². The van der Waals surface area contributed by atoms with Gasteiger partial charge in [-0.05, 0) is 30.7 Å². The Morgan fingerprint density at radius 1 is 1.25 bits per heavy atom. The first-order valence-electron chi connectivity index (χ1n) is 9.68. The number of amides is 1. The van der Waals surface area contributed by atoms with E-state index in [0.717, 1.165) is 26.5 Å². The van der Waals surface area contributed by atoms with Gasteiger partial charge in [0.1, 0.15) is 17.2 Å². The SMILES string of the molecule is COc1c(Oc2nnc(C(F)(F)F)c(C)c2C(=O)Nc2cccc(S(C)(=N)=O)c2)ncc(C#N)c1F. The number of aromatic nitrogens is 3. The quantitative estimate of drug-likeness (QED) is 0.453. The van der Waals surface area contributed by atoms with Gasteiger partial charge in [0.2, 0.25) is 5.75 Å². The summed E-state index contributed by atoms with van der Waals surface area (Å²) in [5.41, 5.74) is -3.31. The lowest BCUT2D eigenvalue weighted by Crippen LogP contribution is -2.21. The Bertz CT molecular complexity index is 1500. The number of alkyl halides is 3. The van der Waals surface area contributed by atoms with Crippen LogP contribution >= 0.6 is 0 Å². The van der Waals surface area contributed by atoms with E-state index in [1.165, 1.54) is 24.3 Å². The number of nitrogens with one attached hydrogen (secondary N) is 2. The maximum Gasteiger partial charge on any atom is 0.435 e. The van der Waals surface area contributed by atoms with Crippen molar-refractivity contribution in [2.75, 3.05) is 18.7 Å². The molecule has 0 fully saturated rings. The number of nitrogens with zero attached hydrogens (tertiary/aromatic N) is 4. The number of pyridine rings is 1. The average Bonchev–Trinajstić information content (AvgIpc) is 2.78. The van der Waals surface area contributed by atoms with Crippen molar-refractivity contribution in [1.29, 1.82) is 10.0 Å². The largest absolute Gasteiger partial charge is 0.489 e. The molecule has 3 rings (SSSR count). The Hall–Kier alpha value is -4.32. The molecule has 3 aromatic rings. The van der Waals surface area contributed by atoms with Crippen molar-refractivity contribution >= 4 is 21.3 Å². The Labute approximate surface area is 201 Å². The highest BCUT2D eigenvalue weighted by atomic mass is 32.2. The summed E-state index contributed by atoms with van der Waals surface area (Å²) >= 11 is 0. The first-order chi connectivity index (χ1) is 16.8. The van der Waals surface area contributed by atoms with Gasteiger partial charge in [-0.3, -0.25) is 4.79 Å². The van der Waals surface area contributed by atoms with E-state index in [-0.39, 0.29) is 10.6 Å². The van der Waals surface area contributed by atoms with Crippen LogP contribution < -0.4 is 14.8 Å². The van der Waals surface area contributed by atoms with E-state index >= 15 is 0 Å². The summed E-state index contributed by atoms with van der Waals surface area (Å²) in [5.74, 6) is -4.31. The molecule has 0 bridgehead atoms. The normalized spacial score (nSPS) is 12.8. The number of hydrogen-bond acceptors (Lipinski definition) is 9. The zero-order valence-electron chi connectivity index (χ0n) is 18.7. The van der Waals surface area contributed by atoms with E-state index in [4.69, 9.17) is 19.5 Å². The van der Waals surface area contributed by atoms with Crippen molar-refractivity contribution in [2.45, 2.75) is 18.0 Å². The highest BCUT2D eigenvalue weighted by Crippen LogP contribution is 2.37. The van der Waals surface area contributed by atoms with Gasteiger partial charge in [-0.15, -0.1) is 10.2 Å². The Morgan fingerprint density at radius 2 is 1.94 bits per heavy atom. The smallest absolute Gasteiger partial charge is 0.435 e. The van der Waals surface area contributed by atoms with Crippen LogP contribution in [-0.4, -0.2) is 38.7 Å². The lowest BCUT2D eigenvalue weighted by atomic mass is 10.1. The van der Waals surface area contributed by atoms with Crippen molar-refractivity contribution in [1.82, 2.24) is 15.2 Å². The van der Waals surface area contributed by atoms with Crippen molar-refractivity contribution in [3.63, 3.8) is 0 Å². The van der Waals surface area contributed by atoms with Gasteiger partial charge in [0.25, 0.3) is 17.7 Å². The maximum absolute atomic E-state index is 14.4. The number of ether oxygens (including phenoxy) is 2. The van der Waals surface area contributed by atoms with Gasteiger partial charge in [0, 0.05) is 16.8 Å². The number of halogens is 4. The second kappa shape index (κ2) is 9.74. The summed E-state index contributed by atoms with van der Waals surface area (Å²) in [7, 11) is -2.12. The summed E-state index contributed by atoms with van der Waals surface area (Å²) in [6, 6.07) is 6.91. The molecule has 1 amide bonds. The van der Waals surface area contributed by atoms with Gasteiger partial charge in [0.15, 0.2) is 11.5 Å². The fourth-order valence-electron chi connectivity index (χ4n) is 2.99. The molecule has 1 atom stereocenters. The van der Waals surface area contributed by atoms with Gasteiger partial charge in [-0.2, -0.15) is 18.4 Å². The number of carbonyl (C=O) groups is 1. The molecule has 10 nitrogen and oxygen atoms in total. The van der Waals surface area contributed by atoms with E-state index in [1.807, 2.05) is 0 Å². The number of hydrogen-bond donors (Lipinski definition) is 2. The van der Waals surface area contributed by atoms with Crippen molar-refractivity contribution in [2.24, 2.45) is 0 Å². The lowest BCUT2D eigenvalue weighted by Gasteiger charge is -2.16. The van der Waals surface area contributed by atoms with E-state index in [1.54, 1.807) is 6.07 Å². The van der Waals surface area contributed by atoms with Crippen LogP contribution in [0.2, 0.25) is 0 Å². The van der Waals surface area contributed by atoms with E-state index in [9.17, 15) is 26.6 Å². The summed E-state index contributed by atoms with van der Waals surface area (Å²) < 4.78 is 84.8. The highest BCUT2D eigenvalue weighted by Gasteiger charge is 2.38. The third-order valence-electron chi connectivity index (χ3n) is 4.68. The first-order valence-corrected chi connectivity index (χ1v) is 11.6. The zero-order valence-corrected chi connectivity index (χ0v) is 19.5. The minimum absolute atomic E-state index is 0.0233. The number of rotatable bonds is 6. The molecule has 0 radical (unpaired) electrons. The number of nitriles is 1. The summed E-state index contributed by atoms with van der Waals surface area (Å²) in [5, 5.41) is 17.7. The van der Waals surface area contributed by atoms with E-state index < -0.39 is 67.5 Å². The molecule has 1 unspecified atom stereocenters. The van der Waals surface area contributed by atoms with Gasteiger partial charge in [-0.25, -0.2) is 18.4 Å². The third kappa shape index (κ3) is 5.33. The zero-order chi connectivity index (χ0) is 26.8. The summed E-state index contributed by atoms with van der Waals surface area (Å²) in [6.07, 6.45) is -3.02. The van der Waals surface area contributed by atoms with Crippen LogP contribution in [0.1, 0.15) is 27.2 Å². The van der Waals surface area contributed by atoms with Gasteiger partial charge < -0.3 is 14.8 Å². The molecule has 0 aliphatic heterocycles. The summed E-state index contributed by atoms with van der Waals surface area (Å²) in [6.45, 7) is 0.961. The molecule has 0 saturated heterocycles. The maximum atomic E-state index is 14.4. The number of benzene rings is 1. The van der Waals surface area contributed by atoms with Gasteiger partial charge in [-0.1, -0.05) is 6.07 Å². The molecule has 1 aromatic carbocycles. The second-order valence-electron chi connectivity index (χ2n) is 7.22. The molecular formula is C21H16F4N6O4S. The highest BCUT2D eigenvalue weighted by molar-refractivity contribution is 7.91.